The van der Waals surface area contributed by atoms with Gasteiger partial charge in [0.2, 0.25) is 0 Å². The number of fused-ring (bicyclic) bond motifs is 2. The van der Waals surface area contributed by atoms with Gasteiger partial charge in [0.25, 0.3) is 0 Å². The van der Waals surface area contributed by atoms with E-state index in [0.29, 0.717) is 13.2 Å². The third-order valence-electron chi connectivity index (χ3n) is 4.38. The van der Waals surface area contributed by atoms with E-state index in [4.69, 9.17) is 8.85 Å². The molecule has 0 aliphatic carbocycles. The highest BCUT2D eigenvalue weighted by molar-refractivity contribution is 6.83. The first kappa shape index (κ1) is 16.2. The van der Waals surface area contributed by atoms with Crippen LogP contribution < -0.4 is 5.19 Å². The quantitative estimate of drug-likeness (QED) is 0.482. The van der Waals surface area contributed by atoms with Crippen molar-refractivity contribution in [3.8, 4) is 0 Å². The Morgan fingerprint density at radius 2 is 1.35 bits per heavy atom. The molecule has 0 saturated heterocycles. The third-order valence-corrected chi connectivity index (χ3v) is 8.08. The van der Waals surface area contributed by atoms with E-state index >= 15 is 0 Å². The third kappa shape index (κ3) is 2.92. The summed E-state index contributed by atoms with van der Waals surface area (Å²) < 4.78 is 12.5. The Kier molecular flexibility index (Phi) is 4.81. The minimum Gasteiger partial charge on any atom is -0.391 e. The van der Waals surface area contributed by atoms with Crippen molar-refractivity contribution in [3.05, 3.63) is 54.6 Å². The van der Waals surface area contributed by atoms with E-state index in [1.807, 2.05) is 0 Å². The van der Waals surface area contributed by atoms with E-state index in [1.165, 1.54) is 26.7 Å². The van der Waals surface area contributed by atoms with E-state index < -0.39 is 8.56 Å². The smallest absolute Gasteiger partial charge is 0.372 e. The minimum absolute atomic E-state index is 0.685. The molecule has 0 aliphatic rings. The molecule has 2 nitrogen and oxygen atoms in total. The van der Waals surface area contributed by atoms with Crippen LogP contribution in [0.5, 0.6) is 0 Å². The molecule has 3 aromatic carbocycles. The predicted octanol–water partition coefficient (Wildman–Crippen LogP) is 4.74. The number of hydrogen-bond donors (Lipinski definition) is 0. The minimum atomic E-state index is -2.40. The fourth-order valence-electron chi connectivity index (χ4n) is 3.36. The van der Waals surface area contributed by atoms with Gasteiger partial charge >= 0.3 is 8.56 Å². The number of benzene rings is 3. The normalized spacial score (nSPS) is 12.1. The van der Waals surface area contributed by atoms with Crippen LogP contribution in [-0.2, 0) is 8.85 Å². The molecule has 0 unspecified atom stereocenters. The lowest BCUT2D eigenvalue weighted by molar-refractivity contribution is 0.197. The van der Waals surface area contributed by atoms with Gasteiger partial charge in [-0.15, -0.1) is 0 Å². The van der Waals surface area contributed by atoms with Gasteiger partial charge in [0.05, 0.1) is 0 Å². The van der Waals surface area contributed by atoms with Crippen LogP contribution in [0.4, 0.5) is 0 Å². The summed E-state index contributed by atoms with van der Waals surface area (Å²) in [6, 6.07) is 20.5. The van der Waals surface area contributed by atoms with Crippen LogP contribution in [0, 0.1) is 0 Å². The fourth-order valence-corrected chi connectivity index (χ4v) is 6.45. The van der Waals surface area contributed by atoms with E-state index in [9.17, 15) is 0 Å². The van der Waals surface area contributed by atoms with Gasteiger partial charge in [-0.3, -0.25) is 0 Å². The summed E-state index contributed by atoms with van der Waals surface area (Å²) >= 11 is 0. The molecule has 0 aromatic heterocycles. The summed E-state index contributed by atoms with van der Waals surface area (Å²) in [5.74, 6) is 0. The average molecular weight is 324 g/mol. The lowest BCUT2D eigenvalue weighted by Gasteiger charge is -2.30. The number of hydrogen-bond acceptors (Lipinski definition) is 2. The lowest BCUT2D eigenvalue weighted by atomic mass is 10.0. The van der Waals surface area contributed by atoms with Crippen molar-refractivity contribution in [1.29, 1.82) is 0 Å². The zero-order valence-electron chi connectivity index (χ0n) is 14.1. The van der Waals surface area contributed by atoms with Gasteiger partial charge in [0, 0.05) is 18.4 Å². The van der Waals surface area contributed by atoms with Crippen LogP contribution in [0.15, 0.2) is 54.6 Å². The van der Waals surface area contributed by atoms with E-state index in [-0.39, 0.29) is 0 Å². The molecule has 0 saturated carbocycles. The first-order valence-corrected chi connectivity index (χ1v) is 10.5. The van der Waals surface area contributed by atoms with Gasteiger partial charge in [-0.2, -0.15) is 0 Å². The second-order valence-corrected chi connectivity index (χ2v) is 9.03. The molecule has 0 heterocycles. The zero-order chi connectivity index (χ0) is 16.3. The highest BCUT2D eigenvalue weighted by Gasteiger charge is 2.39. The molecule has 3 aromatic rings. The van der Waals surface area contributed by atoms with E-state index in [1.54, 1.807) is 0 Å². The van der Waals surface area contributed by atoms with Crippen molar-refractivity contribution in [3.63, 3.8) is 0 Å². The van der Waals surface area contributed by atoms with Crippen LogP contribution in [-0.4, -0.2) is 21.8 Å². The standard InChI is InChI=1S/C20H24O2Si/c1-4-21-23(6-3,22-5-2)20-13-9-12-18-14-16-10-7-8-11-17(16)15-19(18)20/h7-15H,4-6H2,1-3H3. The molecule has 0 N–H and O–H groups in total. The molecule has 120 valence electrons. The van der Waals surface area contributed by atoms with Crippen LogP contribution in [0.3, 0.4) is 0 Å². The maximum atomic E-state index is 6.24. The van der Waals surface area contributed by atoms with Crippen LogP contribution >= 0.6 is 0 Å². The molecule has 0 bridgehead atoms. The van der Waals surface area contributed by atoms with Crippen LogP contribution in [0.25, 0.3) is 21.5 Å². The van der Waals surface area contributed by atoms with Gasteiger partial charge in [-0.25, -0.2) is 0 Å². The predicted molar refractivity (Wildman–Crippen MR) is 101 cm³/mol. The van der Waals surface area contributed by atoms with Crippen molar-refractivity contribution in [2.24, 2.45) is 0 Å². The van der Waals surface area contributed by atoms with Gasteiger partial charge in [-0.1, -0.05) is 49.4 Å². The van der Waals surface area contributed by atoms with Crippen molar-refractivity contribution in [1.82, 2.24) is 0 Å². The Morgan fingerprint density at radius 1 is 0.739 bits per heavy atom. The van der Waals surface area contributed by atoms with Crippen molar-refractivity contribution >= 4 is 35.3 Å². The fraction of sp³-hybridized carbons (Fsp3) is 0.300. The molecule has 0 radical (unpaired) electrons. The first-order chi connectivity index (χ1) is 11.2. The molecule has 0 amide bonds. The highest BCUT2D eigenvalue weighted by atomic mass is 28.4. The zero-order valence-corrected chi connectivity index (χ0v) is 15.1. The molecule has 23 heavy (non-hydrogen) atoms. The average Bonchev–Trinajstić information content (AvgIpc) is 2.59. The number of rotatable bonds is 6. The molecule has 0 atom stereocenters. The molecule has 0 aliphatic heterocycles. The highest BCUT2D eigenvalue weighted by Crippen LogP contribution is 2.25. The van der Waals surface area contributed by atoms with Gasteiger partial charge in [0.15, 0.2) is 0 Å². The maximum absolute atomic E-state index is 6.24. The molecule has 0 fully saturated rings. The second kappa shape index (κ2) is 6.83. The largest absolute Gasteiger partial charge is 0.391 e. The topological polar surface area (TPSA) is 18.5 Å². The summed E-state index contributed by atoms with van der Waals surface area (Å²) in [7, 11) is -2.40. The second-order valence-electron chi connectivity index (χ2n) is 5.70. The molecule has 0 spiro atoms. The first-order valence-electron chi connectivity index (χ1n) is 8.44. The van der Waals surface area contributed by atoms with Gasteiger partial charge < -0.3 is 8.85 Å². The summed E-state index contributed by atoms with van der Waals surface area (Å²) in [5.41, 5.74) is 0. The summed E-state index contributed by atoms with van der Waals surface area (Å²) in [4.78, 5) is 0. The van der Waals surface area contributed by atoms with Gasteiger partial charge in [-0.05, 0) is 53.6 Å². The Hall–Kier alpha value is -1.68. The Labute approximate surface area is 139 Å². The Bertz CT molecular complexity index is 807. The Balaban J connectivity index is 2.28. The SMILES string of the molecule is CCO[Si](CC)(OCC)c1cccc2cc3ccccc3cc12. The van der Waals surface area contributed by atoms with Crippen molar-refractivity contribution in [2.75, 3.05) is 13.2 Å². The molecular weight excluding hydrogens is 300 g/mol. The summed E-state index contributed by atoms with van der Waals surface area (Å²) in [5, 5.41) is 6.31. The molecule has 3 rings (SSSR count). The van der Waals surface area contributed by atoms with Crippen molar-refractivity contribution in [2.45, 2.75) is 26.8 Å². The molecule has 3 heteroatoms. The van der Waals surface area contributed by atoms with Crippen LogP contribution in [0.1, 0.15) is 20.8 Å². The lowest BCUT2D eigenvalue weighted by Crippen LogP contribution is -2.53. The maximum Gasteiger partial charge on any atom is 0.372 e. The molecular formula is C20H24O2Si. The van der Waals surface area contributed by atoms with E-state index in [2.05, 4.69) is 75.4 Å². The summed E-state index contributed by atoms with van der Waals surface area (Å²) in [6.45, 7) is 7.65. The van der Waals surface area contributed by atoms with E-state index in [0.717, 1.165) is 6.04 Å². The Morgan fingerprint density at radius 3 is 1.96 bits per heavy atom. The monoisotopic (exact) mass is 324 g/mol. The van der Waals surface area contributed by atoms with Gasteiger partial charge in [0.1, 0.15) is 0 Å². The van der Waals surface area contributed by atoms with Crippen LogP contribution in [0.2, 0.25) is 6.04 Å². The van der Waals surface area contributed by atoms with Crippen molar-refractivity contribution < 1.29 is 8.85 Å². The summed E-state index contributed by atoms with van der Waals surface area (Å²) in [6.07, 6.45) is 0.